The van der Waals surface area contributed by atoms with E-state index < -0.39 is 11.9 Å². The van der Waals surface area contributed by atoms with Crippen LogP contribution in [0.5, 0.6) is 0 Å². The Hall–Kier alpha value is -1.72. The Bertz CT molecular complexity index is 470. The minimum absolute atomic E-state index is 0.208. The Morgan fingerprint density at radius 2 is 2.31 bits per heavy atom. The van der Waals surface area contributed by atoms with Crippen LogP contribution in [0.15, 0.2) is 36.7 Å². The van der Waals surface area contributed by atoms with Crippen molar-refractivity contribution in [3.05, 3.63) is 48.0 Å². The first kappa shape index (κ1) is 10.8. The molecule has 0 aliphatic rings. The fourth-order valence-corrected chi connectivity index (χ4v) is 1.46. The fourth-order valence-electron chi connectivity index (χ4n) is 1.46. The summed E-state index contributed by atoms with van der Waals surface area (Å²) in [6.07, 6.45) is 3.23. The van der Waals surface area contributed by atoms with E-state index in [0.29, 0.717) is 11.3 Å². The van der Waals surface area contributed by atoms with Crippen LogP contribution in [-0.2, 0) is 0 Å². The van der Waals surface area contributed by atoms with Gasteiger partial charge in [0, 0.05) is 12.4 Å². The number of nitrogens with two attached hydrogens (primary N) is 1. The molecule has 16 heavy (non-hydrogen) atoms. The molecule has 5 heteroatoms. The van der Waals surface area contributed by atoms with Crippen LogP contribution in [0.25, 0.3) is 5.69 Å². The molecule has 0 aliphatic carbocycles. The SMILES string of the molecule is NC(CO)c1ccc(-n2cccn2)c(F)c1. The van der Waals surface area contributed by atoms with E-state index >= 15 is 0 Å². The predicted molar refractivity (Wildman–Crippen MR) is 57.5 cm³/mol. The Balaban J connectivity index is 2.37. The van der Waals surface area contributed by atoms with Gasteiger partial charge in [0.2, 0.25) is 0 Å². The lowest BCUT2D eigenvalue weighted by molar-refractivity contribution is 0.268. The molecule has 0 aliphatic heterocycles. The Kier molecular flexibility index (Phi) is 2.98. The largest absolute Gasteiger partial charge is 0.394 e. The van der Waals surface area contributed by atoms with Crippen molar-refractivity contribution < 1.29 is 9.50 Å². The summed E-state index contributed by atoms with van der Waals surface area (Å²) in [5, 5.41) is 12.8. The number of benzene rings is 1. The maximum atomic E-state index is 13.7. The number of halogens is 1. The van der Waals surface area contributed by atoms with Crippen LogP contribution in [0, 0.1) is 5.82 Å². The molecular weight excluding hydrogens is 209 g/mol. The standard InChI is InChI=1S/C11H12FN3O/c12-9-6-8(10(13)7-16)2-3-11(9)15-5-1-4-14-15/h1-6,10,16H,7,13H2. The predicted octanol–water partition coefficient (Wildman–Crippen LogP) is 1.00. The maximum Gasteiger partial charge on any atom is 0.149 e. The van der Waals surface area contributed by atoms with Gasteiger partial charge in [-0.3, -0.25) is 0 Å². The van der Waals surface area contributed by atoms with E-state index in [2.05, 4.69) is 5.10 Å². The topological polar surface area (TPSA) is 64.1 Å². The van der Waals surface area contributed by atoms with E-state index in [9.17, 15) is 4.39 Å². The molecule has 4 nitrogen and oxygen atoms in total. The molecule has 3 N–H and O–H groups in total. The quantitative estimate of drug-likeness (QED) is 0.812. The van der Waals surface area contributed by atoms with Gasteiger partial charge >= 0.3 is 0 Å². The van der Waals surface area contributed by atoms with Crippen LogP contribution >= 0.6 is 0 Å². The molecule has 0 saturated heterocycles. The highest BCUT2D eigenvalue weighted by Gasteiger charge is 2.09. The molecule has 0 saturated carbocycles. The second kappa shape index (κ2) is 4.42. The summed E-state index contributed by atoms with van der Waals surface area (Å²) in [6.45, 7) is -0.208. The second-order valence-electron chi connectivity index (χ2n) is 3.45. The molecule has 0 bridgehead atoms. The van der Waals surface area contributed by atoms with Gasteiger partial charge in [-0.1, -0.05) is 6.07 Å². The fraction of sp³-hybridized carbons (Fsp3) is 0.182. The first-order valence-corrected chi connectivity index (χ1v) is 4.88. The Morgan fingerprint density at radius 3 is 2.88 bits per heavy atom. The van der Waals surface area contributed by atoms with E-state index in [1.807, 2.05) is 0 Å². The lowest BCUT2D eigenvalue weighted by Gasteiger charge is -2.10. The van der Waals surface area contributed by atoms with Crippen molar-refractivity contribution in [2.24, 2.45) is 5.73 Å². The lowest BCUT2D eigenvalue weighted by Crippen LogP contribution is -2.15. The number of aliphatic hydroxyl groups excluding tert-OH is 1. The van der Waals surface area contributed by atoms with Gasteiger partial charge in [-0.25, -0.2) is 9.07 Å². The van der Waals surface area contributed by atoms with Gasteiger partial charge in [-0.2, -0.15) is 5.10 Å². The van der Waals surface area contributed by atoms with Gasteiger partial charge in [-0.05, 0) is 23.8 Å². The molecular formula is C11H12FN3O. The van der Waals surface area contributed by atoms with Crippen LogP contribution in [0.3, 0.4) is 0 Å². The Labute approximate surface area is 92.1 Å². The number of hydrogen-bond donors (Lipinski definition) is 2. The third-order valence-corrected chi connectivity index (χ3v) is 2.35. The van der Waals surface area contributed by atoms with Gasteiger partial charge in [0.05, 0.1) is 12.6 Å². The summed E-state index contributed by atoms with van der Waals surface area (Å²) in [4.78, 5) is 0. The molecule has 1 aromatic carbocycles. The zero-order valence-corrected chi connectivity index (χ0v) is 8.55. The van der Waals surface area contributed by atoms with Crippen molar-refractivity contribution in [1.29, 1.82) is 0 Å². The molecule has 2 aromatic rings. The van der Waals surface area contributed by atoms with Gasteiger partial charge < -0.3 is 10.8 Å². The third kappa shape index (κ3) is 1.95. The number of aliphatic hydroxyl groups is 1. The van der Waals surface area contributed by atoms with E-state index in [1.165, 1.54) is 10.7 Å². The number of aromatic nitrogens is 2. The molecule has 1 aromatic heterocycles. The minimum atomic E-state index is -0.554. The third-order valence-electron chi connectivity index (χ3n) is 2.35. The summed E-state index contributed by atoms with van der Waals surface area (Å²) in [5.74, 6) is -0.412. The van der Waals surface area contributed by atoms with Gasteiger partial charge in [-0.15, -0.1) is 0 Å². The molecule has 1 heterocycles. The lowest BCUT2D eigenvalue weighted by atomic mass is 10.1. The highest BCUT2D eigenvalue weighted by molar-refractivity contribution is 5.36. The minimum Gasteiger partial charge on any atom is -0.394 e. The first-order chi connectivity index (χ1) is 7.72. The molecule has 0 spiro atoms. The molecule has 2 rings (SSSR count). The van der Waals surface area contributed by atoms with E-state index in [0.717, 1.165) is 0 Å². The Morgan fingerprint density at radius 1 is 1.50 bits per heavy atom. The first-order valence-electron chi connectivity index (χ1n) is 4.88. The molecule has 1 atom stereocenters. The zero-order valence-electron chi connectivity index (χ0n) is 8.55. The number of nitrogens with zero attached hydrogens (tertiary/aromatic N) is 2. The van der Waals surface area contributed by atoms with Gasteiger partial charge in [0.1, 0.15) is 11.5 Å². The average Bonchev–Trinajstić information content (AvgIpc) is 2.81. The van der Waals surface area contributed by atoms with Crippen molar-refractivity contribution >= 4 is 0 Å². The van der Waals surface area contributed by atoms with Gasteiger partial charge in [0.25, 0.3) is 0 Å². The molecule has 0 amide bonds. The summed E-state index contributed by atoms with van der Waals surface area (Å²) in [6, 6.07) is 5.75. The van der Waals surface area contributed by atoms with E-state index in [1.54, 1.807) is 30.6 Å². The van der Waals surface area contributed by atoms with Crippen LogP contribution in [0.1, 0.15) is 11.6 Å². The summed E-state index contributed by atoms with van der Waals surface area (Å²) in [7, 11) is 0. The van der Waals surface area contributed by atoms with Crippen LogP contribution in [0.4, 0.5) is 4.39 Å². The maximum absolute atomic E-state index is 13.7. The van der Waals surface area contributed by atoms with Crippen LogP contribution < -0.4 is 5.73 Å². The van der Waals surface area contributed by atoms with Crippen LogP contribution in [-0.4, -0.2) is 21.5 Å². The smallest absolute Gasteiger partial charge is 0.149 e. The monoisotopic (exact) mass is 221 g/mol. The van der Waals surface area contributed by atoms with Gasteiger partial charge in [0.15, 0.2) is 0 Å². The molecule has 84 valence electrons. The molecule has 0 fully saturated rings. The highest BCUT2D eigenvalue weighted by Crippen LogP contribution is 2.17. The van der Waals surface area contributed by atoms with Crippen LogP contribution in [0.2, 0.25) is 0 Å². The highest BCUT2D eigenvalue weighted by atomic mass is 19.1. The summed E-state index contributed by atoms with van der Waals surface area (Å²) >= 11 is 0. The van der Waals surface area contributed by atoms with Crippen molar-refractivity contribution in [1.82, 2.24) is 9.78 Å². The molecule has 0 radical (unpaired) electrons. The average molecular weight is 221 g/mol. The van der Waals surface area contributed by atoms with Crippen molar-refractivity contribution in [2.75, 3.05) is 6.61 Å². The molecule has 1 unspecified atom stereocenters. The second-order valence-corrected chi connectivity index (χ2v) is 3.45. The van der Waals surface area contributed by atoms with Crippen molar-refractivity contribution in [3.63, 3.8) is 0 Å². The summed E-state index contributed by atoms with van der Waals surface area (Å²) in [5.41, 5.74) is 6.52. The normalized spacial score (nSPS) is 12.7. The van der Waals surface area contributed by atoms with E-state index in [4.69, 9.17) is 10.8 Å². The number of hydrogen-bond acceptors (Lipinski definition) is 3. The number of rotatable bonds is 3. The van der Waals surface area contributed by atoms with Crippen molar-refractivity contribution in [3.8, 4) is 5.69 Å². The van der Waals surface area contributed by atoms with Crippen molar-refractivity contribution in [2.45, 2.75) is 6.04 Å². The summed E-state index contributed by atoms with van der Waals surface area (Å²) < 4.78 is 15.1. The van der Waals surface area contributed by atoms with E-state index in [-0.39, 0.29) is 6.61 Å². The zero-order chi connectivity index (χ0) is 11.5.